The van der Waals surface area contributed by atoms with Crippen LogP contribution in [0.4, 0.5) is 5.69 Å². The fourth-order valence-corrected chi connectivity index (χ4v) is 1.24. The molecule has 0 aliphatic rings. The number of phenolic OH excluding ortho intramolecular Hbond substituents is 2. The monoisotopic (exact) mass is 229 g/mol. The SMILES string of the molecule is Oc1ccc(/C=N\Nc2ccncc2)c(O)c1. The molecule has 0 saturated heterocycles. The molecule has 2 aromatic rings. The maximum absolute atomic E-state index is 9.50. The summed E-state index contributed by atoms with van der Waals surface area (Å²) in [4.78, 5) is 3.88. The van der Waals surface area contributed by atoms with Crippen LogP contribution in [-0.4, -0.2) is 21.4 Å². The number of aromatic nitrogens is 1. The molecule has 5 nitrogen and oxygen atoms in total. The van der Waals surface area contributed by atoms with Crippen LogP contribution in [0.2, 0.25) is 0 Å². The summed E-state index contributed by atoms with van der Waals surface area (Å²) in [5.41, 5.74) is 4.11. The minimum absolute atomic E-state index is 0.0155. The van der Waals surface area contributed by atoms with E-state index in [1.165, 1.54) is 18.3 Å². The first kappa shape index (κ1) is 10.9. The average Bonchev–Trinajstić information content (AvgIpc) is 2.33. The molecular formula is C12H11N3O2. The van der Waals surface area contributed by atoms with Gasteiger partial charge in [0.1, 0.15) is 11.5 Å². The van der Waals surface area contributed by atoms with Gasteiger partial charge in [0.05, 0.1) is 11.9 Å². The highest BCUT2D eigenvalue weighted by molar-refractivity contribution is 5.84. The van der Waals surface area contributed by atoms with E-state index in [-0.39, 0.29) is 11.5 Å². The van der Waals surface area contributed by atoms with Crippen LogP contribution in [0.5, 0.6) is 11.5 Å². The Hall–Kier alpha value is -2.56. The summed E-state index contributed by atoms with van der Waals surface area (Å²) in [6, 6.07) is 7.85. The predicted octanol–water partition coefficient (Wildman–Crippen LogP) is 1.94. The summed E-state index contributed by atoms with van der Waals surface area (Å²) in [5, 5.41) is 22.6. The minimum atomic E-state index is -0.0229. The van der Waals surface area contributed by atoms with Crippen molar-refractivity contribution in [1.82, 2.24) is 4.98 Å². The first-order valence-corrected chi connectivity index (χ1v) is 4.97. The molecule has 0 unspecified atom stereocenters. The van der Waals surface area contributed by atoms with Crippen LogP contribution in [0.1, 0.15) is 5.56 Å². The Bertz CT molecular complexity index is 527. The Morgan fingerprint density at radius 1 is 1.12 bits per heavy atom. The molecule has 0 radical (unpaired) electrons. The first-order valence-electron chi connectivity index (χ1n) is 4.97. The summed E-state index contributed by atoms with van der Waals surface area (Å²) in [6.45, 7) is 0. The molecule has 1 aromatic heterocycles. The third-order valence-electron chi connectivity index (χ3n) is 2.09. The Kier molecular flexibility index (Phi) is 3.20. The van der Waals surface area contributed by atoms with Crippen molar-refractivity contribution in [3.8, 4) is 11.5 Å². The van der Waals surface area contributed by atoms with Crippen LogP contribution in [0.25, 0.3) is 0 Å². The molecule has 1 heterocycles. The summed E-state index contributed by atoms with van der Waals surface area (Å²) >= 11 is 0. The maximum Gasteiger partial charge on any atom is 0.128 e. The number of aromatic hydroxyl groups is 2. The fraction of sp³-hybridized carbons (Fsp3) is 0. The van der Waals surface area contributed by atoms with Crippen LogP contribution in [0.15, 0.2) is 47.8 Å². The summed E-state index contributed by atoms with van der Waals surface area (Å²) in [7, 11) is 0. The van der Waals surface area contributed by atoms with E-state index in [2.05, 4.69) is 15.5 Å². The topological polar surface area (TPSA) is 77.7 Å². The Morgan fingerprint density at radius 3 is 2.59 bits per heavy atom. The van der Waals surface area contributed by atoms with Gasteiger partial charge in [0.2, 0.25) is 0 Å². The van der Waals surface area contributed by atoms with E-state index in [1.807, 2.05) is 0 Å². The van der Waals surface area contributed by atoms with E-state index in [4.69, 9.17) is 5.11 Å². The van der Waals surface area contributed by atoms with E-state index >= 15 is 0 Å². The van der Waals surface area contributed by atoms with Gasteiger partial charge in [-0.25, -0.2) is 0 Å². The number of phenols is 2. The van der Waals surface area contributed by atoms with E-state index in [0.29, 0.717) is 5.56 Å². The summed E-state index contributed by atoms with van der Waals surface area (Å²) < 4.78 is 0. The highest BCUT2D eigenvalue weighted by atomic mass is 16.3. The summed E-state index contributed by atoms with van der Waals surface area (Å²) in [6.07, 6.45) is 4.76. The van der Waals surface area contributed by atoms with Crippen molar-refractivity contribution in [2.75, 3.05) is 5.43 Å². The molecule has 5 heteroatoms. The molecular weight excluding hydrogens is 218 g/mol. The van der Waals surface area contributed by atoms with Crippen molar-refractivity contribution in [1.29, 1.82) is 0 Å². The highest BCUT2D eigenvalue weighted by Gasteiger charge is 1.98. The number of hydrogen-bond donors (Lipinski definition) is 3. The molecule has 0 spiro atoms. The first-order chi connectivity index (χ1) is 8.25. The van der Waals surface area contributed by atoms with Crippen molar-refractivity contribution in [3.05, 3.63) is 48.3 Å². The number of rotatable bonds is 3. The van der Waals surface area contributed by atoms with Gasteiger partial charge in [-0.1, -0.05) is 0 Å². The number of pyridine rings is 1. The van der Waals surface area contributed by atoms with Crippen LogP contribution in [0.3, 0.4) is 0 Å². The minimum Gasteiger partial charge on any atom is -0.508 e. The third-order valence-corrected chi connectivity index (χ3v) is 2.09. The molecule has 1 aromatic carbocycles. The van der Waals surface area contributed by atoms with Gasteiger partial charge in [-0.15, -0.1) is 0 Å². The van der Waals surface area contributed by atoms with Crippen molar-refractivity contribution < 1.29 is 10.2 Å². The largest absolute Gasteiger partial charge is 0.508 e. The van der Waals surface area contributed by atoms with Crippen molar-refractivity contribution >= 4 is 11.9 Å². The predicted molar refractivity (Wildman–Crippen MR) is 65.2 cm³/mol. The molecule has 0 aliphatic carbocycles. The van der Waals surface area contributed by atoms with Crippen LogP contribution >= 0.6 is 0 Å². The molecule has 2 rings (SSSR count). The van der Waals surface area contributed by atoms with Crippen LogP contribution in [0, 0.1) is 0 Å². The van der Waals surface area contributed by atoms with Gasteiger partial charge in [-0.3, -0.25) is 10.4 Å². The van der Waals surface area contributed by atoms with Gasteiger partial charge in [0.15, 0.2) is 0 Å². The molecule has 0 saturated carbocycles. The van der Waals surface area contributed by atoms with E-state index in [1.54, 1.807) is 30.6 Å². The lowest BCUT2D eigenvalue weighted by Crippen LogP contribution is -1.90. The highest BCUT2D eigenvalue weighted by Crippen LogP contribution is 2.20. The van der Waals surface area contributed by atoms with Gasteiger partial charge >= 0.3 is 0 Å². The normalized spacial score (nSPS) is 10.6. The van der Waals surface area contributed by atoms with Gasteiger partial charge < -0.3 is 10.2 Å². The zero-order valence-electron chi connectivity index (χ0n) is 8.91. The molecule has 0 amide bonds. The molecule has 0 bridgehead atoms. The number of hydrazone groups is 1. The van der Waals surface area contributed by atoms with Gasteiger partial charge in [-0.05, 0) is 24.3 Å². The standard InChI is InChI=1S/C12H11N3O2/c16-11-2-1-9(12(17)7-11)8-14-15-10-3-5-13-6-4-10/h1-8,16-17H,(H,13,15)/b14-8-. The van der Waals surface area contributed by atoms with Crippen molar-refractivity contribution in [2.24, 2.45) is 5.10 Å². The number of hydrogen-bond acceptors (Lipinski definition) is 5. The van der Waals surface area contributed by atoms with Crippen LogP contribution in [-0.2, 0) is 0 Å². The zero-order chi connectivity index (χ0) is 12.1. The molecule has 0 atom stereocenters. The second kappa shape index (κ2) is 4.98. The maximum atomic E-state index is 9.50. The van der Waals surface area contributed by atoms with Gasteiger partial charge in [0, 0.05) is 24.0 Å². The second-order valence-corrected chi connectivity index (χ2v) is 3.35. The second-order valence-electron chi connectivity index (χ2n) is 3.35. The smallest absolute Gasteiger partial charge is 0.128 e. The fourth-order valence-electron chi connectivity index (χ4n) is 1.24. The van der Waals surface area contributed by atoms with E-state index < -0.39 is 0 Å². The lowest BCUT2D eigenvalue weighted by Gasteiger charge is -2.00. The molecule has 86 valence electrons. The van der Waals surface area contributed by atoms with E-state index in [9.17, 15) is 5.11 Å². The average molecular weight is 229 g/mol. The van der Waals surface area contributed by atoms with Gasteiger partial charge in [0.25, 0.3) is 0 Å². The zero-order valence-corrected chi connectivity index (χ0v) is 8.91. The Labute approximate surface area is 98.1 Å². The third kappa shape index (κ3) is 2.94. The van der Waals surface area contributed by atoms with Crippen LogP contribution < -0.4 is 5.43 Å². The lowest BCUT2D eigenvalue weighted by atomic mass is 10.2. The number of nitrogens with one attached hydrogen (secondary N) is 1. The number of nitrogens with zero attached hydrogens (tertiary/aromatic N) is 2. The number of benzene rings is 1. The Morgan fingerprint density at radius 2 is 1.88 bits per heavy atom. The van der Waals surface area contributed by atoms with Crippen molar-refractivity contribution in [2.45, 2.75) is 0 Å². The molecule has 3 N–H and O–H groups in total. The van der Waals surface area contributed by atoms with E-state index in [0.717, 1.165) is 5.69 Å². The Balaban J connectivity index is 2.06. The quantitative estimate of drug-likeness (QED) is 0.555. The molecule has 0 aliphatic heterocycles. The molecule has 0 fully saturated rings. The number of anilines is 1. The lowest BCUT2D eigenvalue weighted by molar-refractivity contribution is 0.450. The van der Waals surface area contributed by atoms with Gasteiger partial charge in [-0.2, -0.15) is 5.10 Å². The molecule has 17 heavy (non-hydrogen) atoms. The summed E-state index contributed by atoms with van der Waals surface area (Å²) in [5.74, 6) is -0.00739. The van der Waals surface area contributed by atoms with Crippen molar-refractivity contribution in [3.63, 3.8) is 0 Å².